The molecule has 0 spiro atoms. The number of thiazole rings is 1. The molecule has 7 heteroatoms. The minimum Gasteiger partial charge on any atom is -0.354 e. The van der Waals surface area contributed by atoms with Crippen molar-refractivity contribution in [1.29, 1.82) is 0 Å². The SMILES string of the molecule is Cc1nc(-c2ccc(CCNC(=O)[C@@H](C)N)cc2)cs1.Cl.Cl. The van der Waals surface area contributed by atoms with Crippen molar-refractivity contribution in [2.24, 2.45) is 5.73 Å². The Morgan fingerprint density at radius 2 is 1.95 bits per heavy atom. The van der Waals surface area contributed by atoms with E-state index in [1.54, 1.807) is 18.3 Å². The molecule has 4 nitrogen and oxygen atoms in total. The van der Waals surface area contributed by atoms with Crippen LogP contribution in [0.4, 0.5) is 0 Å². The van der Waals surface area contributed by atoms with Crippen molar-refractivity contribution >= 4 is 42.1 Å². The average molecular weight is 362 g/mol. The molecule has 0 saturated heterocycles. The Bertz CT molecular complexity index is 585. The maximum atomic E-state index is 11.3. The predicted octanol–water partition coefficient (Wildman–Crippen LogP) is 2.97. The summed E-state index contributed by atoms with van der Waals surface area (Å²) in [4.78, 5) is 15.8. The first-order valence-electron chi connectivity index (χ1n) is 6.61. The Morgan fingerprint density at radius 3 is 2.45 bits per heavy atom. The number of benzene rings is 1. The molecule has 0 aliphatic rings. The van der Waals surface area contributed by atoms with E-state index in [1.165, 1.54) is 5.56 Å². The van der Waals surface area contributed by atoms with Gasteiger partial charge in [0.05, 0.1) is 16.7 Å². The van der Waals surface area contributed by atoms with Crippen molar-refractivity contribution in [2.75, 3.05) is 6.54 Å². The van der Waals surface area contributed by atoms with Crippen LogP contribution in [0.5, 0.6) is 0 Å². The van der Waals surface area contributed by atoms with Crippen molar-refractivity contribution in [1.82, 2.24) is 10.3 Å². The second-order valence-corrected chi connectivity index (χ2v) is 5.84. The highest BCUT2D eigenvalue weighted by molar-refractivity contribution is 7.09. The van der Waals surface area contributed by atoms with Crippen LogP contribution in [0.15, 0.2) is 29.6 Å². The van der Waals surface area contributed by atoms with Crippen molar-refractivity contribution in [3.05, 3.63) is 40.2 Å². The van der Waals surface area contributed by atoms with E-state index in [0.29, 0.717) is 6.54 Å². The molecule has 0 fully saturated rings. The van der Waals surface area contributed by atoms with Gasteiger partial charge in [0, 0.05) is 17.5 Å². The number of carbonyl (C=O) groups is 1. The third kappa shape index (κ3) is 5.93. The number of halogens is 2. The van der Waals surface area contributed by atoms with Crippen LogP contribution in [0.3, 0.4) is 0 Å². The average Bonchev–Trinajstić information content (AvgIpc) is 2.86. The van der Waals surface area contributed by atoms with Crippen LogP contribution >= 0.6 is 36.2 Å². The van der Waals surface area contributed by atoms with Crippen LogP contribution in [-0.2, 0) is 11.2 Å². The van der Waals surface area contributed by atoms with E-state index in [0.717, 1.165) is 22.7 Å². The summed E-state index contributed by atoms with van der Waals surface area (Å²) in [7, 11) is 0. The lowest BCUT2D eigenvalue weighted by Gasteiger charge is -2.07. The number of nitrogens with two attached hydrogens (primary N) is 1. The summed E-state index contributed by atoms with van der Waals surface area (Å²) in [5.41, 5.74) is 8.81. The first kappa shape index (κ1) is 20.9. The van der Waals surface area contributed by atoms with Gasteiger partial charge in [0.1, 0.15) is 0 Å². The molecule has 1 aromatic heterocycles. The van der Waals surface area contributed by atoms with Gasteiger partial charge in [-0.3, -0.25) is 4.79 Å². The Hall–Kier alpha value is -1.14. The van der Waals surface area contributed by atoms with Crippen molar-refractivity contribution < 1.29 is 4.79 Å². The lowest BCUT2D eigenvalue weighted by molar-refractivity contribution is -0.121. The Kier molecular flexibility index (Phi) is 9.28. The molecule has 1 atom stereocenters. The van der Waals surface area contributed by atoms with E-state index in [1.807, 2.05) is 6.92 Å². The Labute approximate surface area is 147 Å². The number of aromatic nitrogens is 1. The molecule has 0 unspecified atom stereocenters. The second-order valence-electron chi connectivity index (χ2n) is 4.78. The summed E-state index contributed by atoms with van der Waals surface area (Å²) in [6.45, 7) is 4.29. The van der Waals surface area contributed by atoms with Gasteiger partial charge in [0.25, 0.3) is 0 Å². The molecule has 3 N–H and O–H groups in total. The highest BCUT2D eigenvalue weighted by Crippen LogP contribution is 2.21. The predicted molar refractivity (Wildman–Crippen MR) is 97.1 cm³/mol. The van der Waals surface area contributed by atoms with Gasteiger partial charge >= 0.3 is 0 Å². The van der Waals surface area contributed by atoms with Crippen LogP contribution in [-0.4, -0.2) is 23.5 Å². The fourth-order valence-corrected chi connectivity index (χ4v) is 2.45. The zero-order valence-electron chi connectivity index (χ0n) is 12.5. The van der Waals surface area contributed by atoms with Gasteiger partial charge in [0.2, 0.25) is 5.91 Å². The molecule has 2 aromatic rings. The van der Waals surface area contributed by atoms with Gasteiger partial charge in [-0.2, -0.15) is 0 Å². The molecule has 22 heavy (non-hydrogen) atoms. The van der Waals surface area contributed by atoms with E-state index < -0.39 is 6.04 Å². The van der Waals surface area contributed by atoms with Crippen molar-refractivity contribution in [2.45, 2.75) is 26.3 Å². The van der Waals surface area contributed by atoms with Crippen molar-refractivity contribution in [3.8, 4) is 11.3 Å². The maximum Gasteiger partial charge on any atom is 0.236 e. The summed E-state index contributed by atoms with van der Waals surface area (Å²) in [6.07, 6.45) is 0.800. The van der Waals surface area contributed by atoms with E-state index in [9.17, 15) is 4.79 Å². The third-order valence-corrected chi connectivity index (χ3v) is 3.77. The Morgan fingerprint density at radius 1 is 1.32 bits per heavy atom. The van der Waals surface area contributed by atoms with Gasteiger partial charge in [-0.05, 0) is 25.8 Å². The molecule has 122 valence electrons. The lowest BCUT2D eigenvalue weighted by Crippen LogP contribution is -2.39. The number of aryl methyl sites for hydroxylation is 1. The number of nitrogens with zero attached hydrogens (tertiary/aromatic N) is 1. The molecular weight excluding hydrogens is 341 g/mol. The topological polar surface area (TPSA) is 68.0 Å². The fraction of sp³-hybridized carbons (Fsp3) is 0.333. The van der Waals surface area contributed by atoms with Crippen molar-refractivity contribution in [3.63, 3.8) is 0 Å². The third-order valence-electron chi connectivity index (χ3n) is 3.00. The monoisotopic (exact) mass is 361 g/mol. The summed E-state index contributed by atoms with van der Waals surface area (Å²) < 4.78 is 0. The number of amides is 1. The molecule has 0 aliphatic carbocycles. The van der Waals surface area contributed by atoms with Crippen LogP contribution < -0.4 is 11.1 Å². The van der Waals surface area contributed by atoms with E-state index in [4.69, 9.17) is 5.73 Å². The molecule has 0 saturated carbocycles. The summed E-state index contributed by atoms with van der Waals surface area (Å²) in [5, 5.41) is 5.94. The first-order chi connectivity index (χ1) is 9.56. The number of rotatable bonds is 5. The highest BCUT2D eigenvalue weighted by atomic mass is 35.5. The first-order valence-corrected chi connectivity index (χ1v) is 7.49. The summed E-state index contributed by atoms with van der Waals surface area (Å²) >= 11 is 1.65. The van der Waals surface area contributed by atoms with E-state index >= 15 is 0 Å². The van der Waals surface area contributed by atoms with Gasteiger partial charge in [-0.25, -0.2) is 4.98 Å². The summed E-state index contributed by atoms with van der Waals surface area (Å²) in [6, 6.07) is 7.82. The standard InChI is InChI=1S/C15H19N3OS.2ClH/c1-10(16)15(19)17-8-7-12-3-5-13(6-4-12)14-9-20-11(2)18-14;;/h3-6,9-10H,7-8,16H2,1-2H3,(H,17,19);2*1H/t10-;;/m1../s1. The minimum atomic E-state index is -0.453. The van der Waals surface area contributed by atoms with Crippen LogP contribution in [0.1, 0.15) is 17.5 Å². The van der Waals surface area contributed by atoms with Gasteiger partial charge < -0.3 is 11.1 Å². The molecule has 0 aliphatic heterocycles. The number of nitrogens with one attached hydrogen (secondary N) is 1. The largest absolute Gasteiger partial charge is 0.354 e. The smallest absolute Gasteiger partial charge is 0.236 e. The minimum absolute atomic E-state index is 0. The van der Waals surface area contributed by atoms with Gasteiger partial charge in [0.15, 0.2) is 0 Å². The van der Waals surface area contributed by atoms with E-state index in [2.05, 4.69) is 39.9 Å². The number of carbonyl (C=O) groups excluding carboxylic acids is 1. The molecule has 0 radical (unpaired) electrons. The van der Waals surface area contributed by atoms with Crippen LogP contribution in [0, 0.1) is 6.92 Å². The maximum absolute atomic E-state index is 11.3. The van der Waals surface area contributed by atoms with Crippen LogP contribution in [0.2, 0.25) is 0 Å². The molecule has 0 bridgehead atoms. The molecule has 1 amide bonds. The lowest BCUT2D eigenvalue weighted by atomic mass is 10.1. The fourth-order valence-electron chi connectivity index (χ4n) is 1.83. The van der Waals surface area contributed by atoms with Gasteiger partial charge in [-0.1, -0.05) is 24.3 Å². The van der Waals surface area contributed by atoms with E-state index in [-0.39, 0.29) is 30.7 Å². The molecule has 2 rings (SSSR count). The molecular formula is C15H21Cl2N3OS. The quantitative estimate of drug-likeness (QED) is 0.859. The normalized spacial score (nSPS) is 11.0. The number of hydrogen-bond donors (Lipinski definition) is 2. The van der Waals surface area contributed by atoms with Gasteiger partial charge in [-0.15, -0.1) is 36.2 Å². The Balaban J connectivity index is 0.00000220. The zero-order chi connectivity index (χ0) is 14.5. The zero-order valence-corrected chi connectivity index (χ0v) is 15.0. The number of hydrogen-bond acceptors (Lipinski definition) is 4. The second kappa shape index (κ2) is 9.79. The molecule has 1 aromatic carbocycles. The molecule has 1 heterocycles. The summed E-state index contributed by atoms with van der Waals surface area (Å²) in [5.74, 6) is -0.112. The highest BCUT2D eigenvalue weighted by Gasteiger charge is 2.06. The van der Waals surface area contributed by atoms with Crippen LogP contribution in [0.25, 0.3) is 11.3 Å².